The maximum Gasteiger partial charge on any atom is 0.209 e. The van der Waals surface area contributed by atoms with Crippen molar-refractivity contribution in [2.75, 3.05) is 6.54 Å². The van der Waals surface area contributed by atoms with Crippen LogP contribution in [0.3, 0.4) is 0 Å². The Morgan fingerprint density at radius 2 is 2.19 bits per heavy atom. The van der Waals surface area contributed by atoms with Crippen molar-refractivity contribution in [3.63, 3.8) is 0 Å². The van der Waals surface area contributed by atoms with Gasteiger partial charge in [0.1, 0.15) is 0 Å². The molecule has 0 radical (unpaired) electrons. The second-order valence-electron chi connectivity index (χ2n) is 5.16. The Balaban J connectivity index is 1.88. The summed E-state index contributed by atoms with van der Waals surface area (Å²) in [6.07, 6.45) is 4.90. The fourth-order valence-corrected chi connectivity index (χ4v) is 2.84. The van der Waals surface area contributed by atoms with Crippen LogP contribution in [0.25, 0.3) is 0 Å². The predicted octanol–water partition coefficient (Wildman–Crippen LogP) is 1.57. The summed E-state index contributed by atoms with van der Waals surface area (Å²) in [5.74, 6) is 0.831. The topological polar surface area (TPSA) is 73.5 Å². The maximum absolute atomic E-state index is 4.21. The first-order valence-corrected chi connectivity index (χ1v) is 8.30. The number of aromatic nitrogens is 6. The van der Waals surface area contributed by atoms with Crippen LogP contribution in [0.1, 0.15) is 32.9 Å². The molecule has 0 unspecified atom stereocenters. The van der Waals surface area contributed by atoms with E-state index in [1.807, 2.05) is 17.2 Å². The summed E-state index contributed by atoms with van der Waals surface area (Å²) >= 11 is 1.65. The van der Waals surface area contributed by atoms with Crippen molar-refractivity contribution in [1.82, 2.24) is 35.1 Å². The van der Waals surface area contributed by atoms with E-state index >= 15 is 0 Å². The summed E-state index contributed by atoms with van der Waals surface area (Å²) in [6.45, 7) is 9.07. The maximum atomic E-state index is 4.21. The highest BCUT2D eigenvalue weighted by Gasteiger charge is 2.09. The lowest BCUT2D eigenvalue weighted by Gasteiger charge is -2.09. The van der Waals surface area contributed by atoms with Crippen LogP contribution in [0.4, 0.5) is 0 Å². The molecule has 0 saturated carbocycles. The summed E-state index contributed by atoms with van der Waals surface area (Å²) in [5, 5.41) is 16.1. The van der Waals surface area contributed by atoms with Gasteiger partial charge in [-0.15, -0.1) is 5.10 Å². The number of hydrogen-bond acceptors (Lipinski definition) is 6. The molecule has 0 atom stereocenters. The fourth-order valence-electron chi connectivity index (χ4n) is 1.95. The molecular formula is C13H23N7S. The Morgan fingerprint density at radius 1 is 1.33 bits per heavy atom. The van der Waals surface area contributed by atoms with Crippen molar-refractivity contribution in [2.45, 2.75) is 57.2 Å². The second kappa shape index (κ2) is 8.14. The second-order valence-corrected chi connectivity index (χ2v) is 6.10. The average Bonchev–Trinajstić information content (AvgIpc) is 3.06. The number of nitrogens with zero attached hydrogens (tertiary/aromatic N) is 6. The lowest BCUT2D eigenvalue weighted by atomic mass is 10.4. The van der Waals surface area contributed by atoms with Gasteiger partial charge in [-0.3, -0.25) is 0 Å². The minimum absolute atomic E-state index is 0.473. The van der Waals surface area contributed by atoms with Gasteiger partial charge in [0.05, 0.1) is 12.9 Å². The number of nitrogens with one attached hydrogen (secondary N) is 1. The van der Waals surface area contributed by atoms with Gasteiger partial charge < -0.3 is 9.88 Å². The third kappa shape index (κ3) is 4.82. The van der Waals surface area contributed by atoms with Gasteiger partial charge in [-0.1, -0.05) is 32.5 Å². The van der Waals surface area contributed by atoms with Crippen LogP contribution in [0.15, 0.2) is 17.7 Å². The normalized spacial score (nSPS) is 11.4. The van der Waals surface area contributed by atoms with E-state index in [4.69, 9.17) is 0 Å². The summed E-state index contributed by atoms with van der Waals surface area (Å²) in [7, 11) is 0. The minimum Gasteiger partial charge on any atom is -0.334 e. The molecule has 0 aromatic carbocycles. The van der Waals surface area contributed by atoms with Crippen molar-refractivity contribution in [3.05, 3.63) is 18.2 Å². The summed E-state index contributed by atoms with van der Waals surface area (Å²) in [5.41, 5.74) is 1.21. The van der Waals surface area contributed by atoms with Gasteiger partial charge in [0.25, 0.3) is 0 Å². The Hall–Kier alpha value is -1.41. The number of hydrogen-bond donors (Lipinski definition) is 1. The number of tetrazole rings is 1. The Morgan fingerprint density at radius 3 is 2.95 bits per heavy atom. The SMILES string of the molecule is CCCn1cncc1CSc1nnnn1CCNC(C)C. The summed E-state index contributed by atoms with van der Waals surface area (Å²) < 4.78 is 4.03. The highest BCUT2D eigenvalue weighted by atomic mass is 32.2. The van der Waals surface area contributed by atoms with Gasteiger partial charge in [-0.05, 0) is 16.8 Å². The highest BCUT2D eigenvalue weighted by molar-refractivity contribution is 7.98. The van der Waals surface area contributed by atoms with E-state index in [1.165, 1.54) is 5.69 Å². The Labute approximate surface area is 129 Å². The van der Waals surface area contributed by atoms with Gasteiger partial charge in [0.2, 0.25) is 5.16 Å². The van der Waals surface area contributed by atoms with Gasteiger partial charge in [0, 0.05) is 36.8 Å². The molecule has 1 N–H and O–H groups in total. The molecular weight excluding hydrogens is 286 g/mol. The zero-order valence-corrected chi connectivity index (χ0v) is 13.7. The molecule has 0 aliphatic rings. The van der Waals surface area contributed by atoms with Crippen LogP contribution in [-0.2, 0) is 18.8 Å². The van der Waals surface area contributed by atoms with Gasteiger partial charge in [-0.2, -0.15) is 0 Å². The van der Waals surface area contributed by atoms with E-state index in [0.717, 1.165) is 37.0 Å². The number of imidazole rings is 1. The molecule has 21 heavy (non-hydrogen) atoms. The molecule has 2 aromatic heterocycles. The molecule has 0 bridgehead atoms. The Kier molecular flexibility index (Phi) is 6.19. The molecule has 7 nitrogen and oxygen atoms in total. The number of rotatable bonds is 9. The van der Waals surface area contributed by atoms with Crippen LogP contribution in [0.5, 0.6) is 0 Å². The average molecular weight is 309 g/mol. The van der Waals surface area contributed by atoms with Gasteiger partial charge in [-0.25, -0.2) is 9.67 Å². The first-order valence-electron chi connectivity index (χ1n) is 7.32. The molecule has 0 amide bonds. The third-order valence-corrected chi connectivity index (χ3v) is 3.98. The zero-order chi connectivity index (χ0) is 15.1. The highest BCUT2D eigenvalue weighted by Crippen LogP contribution is 2.19. The molecule has 0 aliphatic carbocycles. The van der Waals surface area contributed by atoms with Crippen molar-refractivity contribution in [1.29, 1.82) is 0 Å². The first kappa shape index (κ1) is 16.0. The molecule has 0 spiro atoms. The minimum atomic E-state index is 0.473. The van der Waals surface area contributed by atoms with E-state index in [-0.39, 0.29) is 0 Å². The van der Waals surface area contributed by atoms with Crippen molar-refractivity contribution in [2.24, 2.45) is 0 Å². The molecule has 0 saturated heterocycles. The fraction of sp³-hybridized carbons (Fsp3) is 0.692. The molecule has 2 heterocycles. The first-order chi connectivity index (χ1) is 10.2. The molecule has 116 valence electrons. The van der Waals surface area contributed by atoms with E-state index in [9.17, 15) is 0 Å². The molecule has 0 fully saturated rings. The van der Waals surface area contributed by atoms with Crippen molar-refractivity contribution >= 4 is 11.8 Å². The van der Waals surface area contributed by atoms with Gasteiger partial charge in [0.15, 0.2) is 0 Å². The van der Waals surface area contributed by atoms with Crippen LogP contribution in [-0.4, -0.2) is 42.3 Å². The summed E-state index contributed by atoms with van der Waals surface area (Å²) in [4.78, 5) is 4.21. The monoisotopic (exact) mass is 309 g/mol. The van der Waals surface area contributed by atoms with Crippen LogP contribution < -0.4 is 5.32 Å². The van der Waals surface area contributed by atoms with Crippen LogP contribution in [0, 0.1) is 0 Å². The molecule has 0 aliphatic heterocycles. The molecule has 2 aromatic rings. The van der Waals surface area contributed by atoms with E-state index in [0.29, 0.717) is 6.04 Å². The predicted molar refractivity (Wildman–Crippen MR) is 83.0 cm³/mol. The lowest BCUT2D eigenvalue weighted by Crippen LogP contribution is -2.27. The number of thioether (sulfide) groups is 1. The van der Waals surface area contributed by atoms with Crippen LogP contribution in [0.2, 0.25) is 0 Å². The number of aryl methyl sites for hydroxylation is 1. The van der Waals surface area contributed by atoms with Crippen LogP contribution >= 0.6 is 11.8 Å². The van der Waals surface area contributed by atoms with E-state index in [1.54, 1.807) is 11.8 Å². The third-order valence-electron chi connectivity index (χ3n) is 2.99. The Bertz CT molecular complexity index is 534. The van der Waals surface area contributed by atoms with Gasteiger partial charge >= 0.3 is 0 Å². The standard InChI is InChI=1S/C13H23N7S/c1-4-6-19-10-14-8-12(19)9-21-13-16-17-18-20(13)7-5-15-11(2)3/h8,10-11,15H,4-7,9H2,1-3H3. The quantitative estimate of drug-likeness (QED) is 0.709. The van der Waals surface area contributed by atoms with Crippen molar-refractivity contribution in [3.8, 4) is 0 Å². The van der Waals surface area contributed by atoms with E-state index in [2.05, 4.69) is 51.2 Å². The lowest BCUT2D eigenvalue weighted by molar-refractivity contribution is 0.485. The van der Waals surface area contributed by atoms with E-state index < -0.39 is 0 Å². The largest absolute Gasteiger partial charge is 0.334 e. The molecule has 8 heteroatoms. The smallest absolute Gasteiger partial charge is 0.209 e. The zero-order valence-electron chi connectivity index (χ0n) is 12.9. The molecule has 2 rings (SSSR count). The summed E-state index contributed by atoms with van der Waals surface area (Å²) in [6, 6.07) is 0.473. The van der Waals surface area contributed by atoms with Crippen molar-refractivity contribution < 1.29 is 0 Å².